The van der Waals surface area contributed by atoms with Gasteiger partial charge in [-0.3, -0.25) is 32.7 Å². The molecular formula is C19H32N2O12P2. The summed E-state index contributed by atoms with van der Waals surface area (Å²) in [5.74, 6) is -0.695. The molecule has 1 unspecified atom stereocenters. The Morgan fingerprint density at radius 1 is 0.886 bits per heavy atom. The highest BCUT2D eigenvalue weighted by atomic mass is 31.2. The molecule has 0 bridgehead atoms. The summed E-state index contributed by atoms with van der Waals surface area (Å²) < 4.78 is 58.7. The minimum absolute atomic E-state index is 0.0182. The molecule has 16 heteroatoms. The molecule has 0 aliphatic heterocycles. The number of amides is 2. The zero-order chi connectivity index (χ0) is 26.3. The summed E-state index contributed by atoms with van der Waals surface area (Å²) in [5, 5.41) is 14.7. The van der Waals surface area contributed by atoms with Crippen LogP contribution in [0, 0.1) is 0 Å². The number of carbonyl (C=O) groups excluding carboxylic acids is 2. The average molecular weight is 542 g/mol. The molecule has 1 rings (SSSR count). The van der Waals surface area contributed by atoms with Gasteiger partial charge in [0.15, 0.2) is 6.29 Å². The van der Waals surface area contributed by atoms with Gasteiger partial charge in [-0.1, -0.05) is 12.1 Å². The number of aliphatic hydroxyl groups excluding tert-OH is 1. The second kappa shape index (κ2) is 16.0. The van der Waals surface area contributed by atoms with E-state index in [2.05, 4.69) is 10.6 Å². The molecule has 1 aromatic carbocycles. The van der Waals surface area contributed by atoms with E-state index in [9.17, 15) is 23.8 Å². The molecule has 1 atom stereocenters. The van der Waals surface area contributed by atoms with E-state index in [1.807, 2.05) is 0 Å². The van der Waals surface area contributed by atoms with Gasteiger partial charge in [0.25, 0.3) is 5.91 Å². The summed E-state index contributed by atoms with van der Waals surface area (Å²) in [6.07, 6.45) is -2.71. The number of carbonyl (C=O) groups is 2. The molecule has 1 aromatic rings. The van der Waals surface area contributed by atoms with Crippen LogP contribution in [0.5, 0.6) is 0 Å². The average Bonchev–Trinajstić information content (AvgIpc) is 2.78. The van der Waals surface area contributed by atoms with E-state index in [-0.39, 0.29) is 37.7 Å². The van der Waals surface area contributed by atoms with Crippen molar-refractivity contribution in [1.29, 1.82) is 0 Å². The van der Waals surface area contributed by atoms with Gasteiger partial charge in [-0.15, -0.1) is 0 Å². The minimum Gasteiger partial charge on any atom is -0.421 e. The Balaban J connectivity index is 2.67. The molecule has 35 heavy (non-hydrogen) atoms. The molecule has 0 aliphatic rings. The monoisotopic (exact) mass is 542 g/mol. The third-order valence-corrected chi connectivity index (χ3v) is 6.87. The SMILES string of the molecule is CCOP(=O)(OCC)OCOC(=O)Nc1ccccc1C(=O)NCC(O)OP(=O)(OCC)OCC. The predicted octanol–water partition coefficient (Wildman–Crippen LogP) is 3.64. The van der Waals surface area contributed by atoms with Gasteiger partial charge in [-0.05, 0) is 39.8 Å². The van der Waals surface area contributed by atoms with E-state index in [4.69, 9.17) is 31.9 Å². The number of anilines is 1. The van der Waals surface area contributed by atoms with Gasteiger partial charge < -0.3 is 15.2 Å². The quantitative estimate of drug-likeness (QED) is 0.193. The molecule has 0 spiro atoms. The molecule has 0 heterocycles. The van der Waals surface area contributed by atoms with Crippen molar-refractivity contribution in [3.63, 3.8) is 0 Å². The molecule has 14 nitrogen and oxygen atoms in total. The van der Waals surface area contributed by atoms with Gasteiger partial charge in [-0.2, -0.15) is 0 Å². The number of benzene rings is 1. The third-order valence-electron chi connectivity index (χ3n) is 3.65. The van der Waals surface area contributed by atoms with Crippen LogP contribution in [0.4, 0.5) is 10.5 Å². The fourth-order valence-corrected chi connectivity index (χ4v) is 4.62. The van der Waals surface area contributed by atoms with Crippen molar-refractivity contribution >= 4 is 33.3 Å². The first-order valence-electron chi connectivity index (χ1n) is 10.7. The number of hydrogen-bond acceptors (Lipinski definition) is 12. The van der Waals surface area contributed by atoms with Gasteiger partial charge in [0.1, 0.15) is 0 Å². The van der Waals surface area contributed by atoms with Crippen LogP contribution < -0.4 is 10.6 Å². The van der Waals surface area contributed by atoms with Crippen LogP contribution in [-0.4, -0.2) is 63.2 Å². The Hall–Kier alpha value is -1.86. The Morgan fingerprint density at radius 2 is 1.43 bits per heavy atom. The van der Waals surface area contributed by atoms with E-state index in [0.29, 0.717) is 0 Å². The van der Waals surface area contributed by atoms with Crippen LogP contribution in [0.15, 0.2) is 24.3 Å². The maximum Gasteiger partial charge on any atom is 0.477 e. The molecule has 200 valence electrons. The Kier molecular flexibility index (Phi) is 14.2. The second-order valence-corrected chi connectivity index (χ2v) is 9.48. The molecule has 2 amide bonds. The van der Waals surface area contributed by atoms with Crippen molar-refractivity contribution in [1.82, 2.24) is 5.32 Å². The summed E-state index contributed by atoms with van der Waals surface area (Å²) in [4.78, 5) is 24.7. The molecule has 0 radical (unpaired) electrons. The van der Waals surface area contributed by atoms with E-state index in [1.165, 1.54) is 12.1 Å². The maximum absolute atomic E-state index is 12.6. The minimum atomic E-state index is -3.99. The van der Waals surface area contributed by atoms with Crippen molar-refractivity contribution < 1.29 is 55.7 Å². The smallest absolute Gasteiger partial charge is 0.421 e. The molecule has 0 aromatic heterocycles. The van der Waals surface area contributed by atoms with E-state index < -0.39 is 47.3 Å². The first kappa shape index (κ1) is 31.2. The van der Waals surface area contributed by atoms with Crippen molar-refractivity contribution in [2.24, 2.45) is 0 Å². The number of ether oxygens (including phenoxy) is 1. The highest BCUT2D eigenvalue weighted by molar-refractivity contribution is 7.48. The van der Waals surface area contributed by atoms with Gasteiger partial charge >= 0.3 is 21.7 Å². The number of phosphoric acid groups is 2. The van der Waals surface area contributed by atoms with Crippen LogP contribution in [0.25, 0.3) is 0 Å². The van der Waals surface area contributed by atoms with Crippen LogP contribution in [0.3, 0.4) is 0 Å². The largest absolute Gasteiger partial charge is 0.477 e. The van der Waals surface area contributed by atoms with Crippen LogP contribution in [-0.2, 0) is 41.0 Å². The number of aliphatic hydroxyl groups is 1. The third kappa shape index (κ3) is 11.6. The second-order valence-electron chi connectivity index (χ2n) is 6.18. The molecule has 3 N–H and O–H groups in total. The summed E-state index contributed by atoms with van der Waals surface area (Å²) in [6, 6.07) is 5.92. The summed E-state index contributed by atoms with van der Waals surface area (Å²) in [7, 11) is -7.86. The lowest BCUT2D eigenvalue weighted by Gasteiger charge is -2.20. The fraction of sp³-hybridized carbons (Fsp3) is 0.579. The summed E-state index contributed by atoms with van der Waals surface area (Å²) >= 11 is 0. The maximum atomic E-state index is 12.6. The normalized spacial score (nSPS) is 12.7. The van der Waals surface area contributed by atoms with E-state index in [1.54, 1.807) is 39.8 Å². The Morgan fingerprint density at radius 3 is 2.00 bits per heavy atom. The van der Waals surface area contributed by atoms with Crippen LogP contribution in [0.1, 0.15) is 38.1 Å². The van der Waals surface area contributed by atoms with Gasteiger partial charge in [0, 0.05) is 0 Å². The van der Waals surface area contributed by atoms with Crippen molar-refractivity contribution in [3.8, 4) is 0 Å². The number of nitrogens with one attached hydrogen (secondary N) is 2. The zero-order valence-electron chi connectivity index (χ0n) is 20.0. The summed E-state index contributed by atoms with van der Waals surface area (Å²) in [6.45, 7) is 5.28. The standard InChI is InChI=1S/C19H32N2O12P2/c1-5-28-34(25,29-6-2)32-14-27-19(24)21-16-12-10-9-11-15(16)18(23)20-13-17(22)33-35(26,30-7-3)31-8-4/h9-12,17,22H,5-8,13-14H2,1-4H3,(H,20,23)(H,21,24). The number of rotatable bonds is 17. The Bertz CT molecular complexity index is 880. The lowest BCUT2D eigenvalue weighted by Crippen LogP contribution is -2.34. The van der Waals surface area contributed by atoms with Crippen LogP contribution in [0.2, 0.25) is 0 Å². The number of para-hydroxylation sites is 1. The summed E-state index contributed by atoms with van der Waals surface area (Å²) in [5.41, 5.74) is 0.0854. The highest BCUT2D eigenvalue weighted by Crippen LogP contribution is 2.50. The van der Waals surface area contributed by atoms with Gasteiger partial charge in [0.05, 0.1) is 44.2 Å². The van der Waals surface area contributed by atoms with Crippen molar-refractivity contribution in [3.05, 3.63) is 29.8 Å². The van der Waals surface area contributed by atoms with Gasteiger partial charge in [-0.25, -0.2) is 18.4 Å². The number of hydrogen-bond donors (Lipinski definition) is 3. The fourth-order valence-electron chi connectivity index (χ4n) is 2.38. The van der Waals surface area contributed by atoms with Gasteiger partial charge in [0.2, 0.25) is 6.79 Å². The predicted molar refractivity (Wildman–Crippen MR) is 124 cm³/mol. The van der Waals surface area contributed by atoms with E-state index >= 15 is 0 Å². The molecule has 0 aliphatic carbocycles. The van der Waals surface area contributed by atoms with Crippen molar-refractivity contribution in [2.75, 3.05) is 45.1 Å². The van der Waals surface area contributed by atoms with Crippen LogP contribution >= 0.6 is 15.6 Å². The highest BCUT2D eigenvalue weighted by Gasteiger charge is 2.30. The zero-order valence-corrected chi connectivity index (χ0v) is 21.8. The molecule has 0 fully saturated rings. The molecule has 0 saturated carbocycles. The molecular weight excluding hydrogens is 510 g/mol. The first-order chi connectivity index (χ1) is 16.6. The van der Waals surface area contributed by atoms with Crippen molar-refractivity contribution in [2.45, 2.75) is 34.0 Å². The lowest BCUT2D eigenvalue weighted by molar-refractivity contribution is -0.0442. The first-order valence-corrected chi connectivity index (χ1v) is 13.6. The topological polar surface area (TPSA) is 177 Å². The Labute approximate surface area is 203 Å². The number of phosphoric ester groups is 2. The molecule has 0 saturated heterocycles. The lowest BCUT2D eigenvalue weighted by atomic mass is 10.1. The van der Waals surface area contributed by atoms with E-state index in [0.717, 1.165) is 0 Å².